The average molecular weight is 335 g/mol. The van der Waals surface area contributed by atoms with E-state index in [0.29, 0.717) is 0 Å². The molecule has 0 saturated heterocycles. The summed E-state index contributed by atoms with van der Waals surface area (Å²) in [4.78, 5) is 0. The number of aryl methyl sites for hydroxylation is 1. The summed E-state index contributed by atoms with van der Waals surface area (Å²) in [6.07, 6.45) is 2.16. The number of hydrogen-bond acceptors (Lipinski definition) is 2. The SMILES string of the molecule is COc1ccc(Br)cc1C(O)CCCc1ccccc1. The van der Waals surface area contributed by atoms with Gasteiger partial charge in [0.2, 0.25) is 0 Å². The number of aliphatic hydroxyl groups excluding tert-OH is 1. The van der Waals surface area contributed by atoms with E-state index in [-0.39, 0.29) is 0 Å². The van der Waals surface area contributed by atoms with Gasteiger partial charge in [-0.25, -0.2) is 0 Å². The smallest absolute Gasteiger partial charge is 0.124 e. The van der Waals surface area contributed by atoms with E-state index in [2.05, 4.69) is 28.1 Å². The molecule has 2 rings (SSSR count). The summed E-state index contributed by atoms with van der Waals surface area (Å²) >= 11 is 3.43. The van der Waals surface area contributed by atoms with Crippen molar-refractivity contribution in [3.63, 3.8) is 0 Å². The Bertz CT molecular complexity index is 540. The minimum atomic E-state index is -0.494. The molecule has 0 fully saturated rings. The van der Waals surface area contributed by atoms with Crippen LogP contribution in [0.3, 0.4) is 0 Å². The molecule has 1 atom stereocenters. The van der Waals surface area contributed by atoms with E-state index < -0.39 is 6.10 Å². The van der Waals surface area contributed by atoms with Crippen molar-refractivity contribution in [3.8, 4) is 5.75 Å². The van der Waals surface area contributed by atoms with Crippen LogP contribution < -0.4 is 4.74 Å². The monoisotopic (exact) mass is 334 g/mol. The van der Waals surface area contributed by atoms with E-state index in [0.717, 1.165) is 35.0 Å². The molecule has 0 saturated carbocycles. The molecule has 0 aliphatic heterocycles. The number of methoxy groups -OCH3 is 1. The number of rotatable bonds is 6. The van der Waals surface area contributed by atoms with Crippen molar-refractivity contribution in [1.82, 2.24) is 0 Å². The first kappa shape index (κ1) is 15.1. The Labute approximate surface area is 128 Å². The van der Waals surface area contributed by atoms with E-state index in [1.165, 1.54) is 5.56 Å². The van der Waals surface area contributed by atoms with Crippen molar-refractivity contribution in [2.45, 2.75) is 25.4 Å². The second kappa shape index (κ2) is 7.46. The second-order valence-corrected chi connectivity index (χ2v) is 5.70. The summed E-state index contributed by atoms with van der Waals surface area (Å²) < 4.78 is 6.26. The molecule has 3 heteroatoms. The molecule has 106 valence electrons. The highest BCUT2D eigenvalue weighted by atomic mass is 79.9. The van der Waals surface area contributed by atoms with Crippen LogP contribution in [-0.4, -0.2) is 12.2 Å². The number of halogens is 1. The molecule has 1 N–H and O–H groups in total. The number of benzene rings is 2. The zero-order chi connectivity index (χ0) is 14.4. The first-order valence-electron chi connectivity index (χ1n) is 6.76. The Balaban J connectivity index is 1.95. The fourth-order valence-corrected chi connectivity index (χ4v) is 2.64. The predicted molar refractivity (Wildman–Crippen MR) is 85.0 cm³/mol. The van der Waals surface area contributed by atoms with E-state index in [9.17, 15) is 5.11 Å². The van der Waals surface area contributed by atoms with Crippen LogP contribution >= 0.6 is 15.9 Å². The fourth-order valence-electron chi connectivity index (χ4n) is 2.27. The molecule has 1 unspecified atom stereocenters. The van der Waals surface area contributed by atoms with Crippen LogP contribution in [0.2, 0.25) is 0 Å². The predicted octanol–water partition coefficient (Wildman–Crippen LogP) is 4.51. The summed E-state index contributed by atoms with van der Waals surface area (Å²) in [5, 5.41) is 10.3. The van der Waals surface area contributed by atoms with Gasteiger partial charge in [-0.1, -0.05) is 46.3 Å². The minimum absolute atomic E-state index is 0.494. The number of aliphatic hydroxyl groups is 1. The standard InChI is InChI=1S/C17H19BrO2/c1-20-17-11-10-14(18)12-15(17)16(19)9-5-8-13-6-3-2-4-7-13/h2-4,6-7,10-12,16,19H,5,8-9H2,1H3. The molecule has 0 spiro atoms. The summed E-state index contributed by atoms with van der Waals surface area (Å²) in [6.45, 7) is 0. The fraction of sp³-hybridized carbons (Fsp3) is 0.294. The van der Waals surface area contributed by atoms with E-state index in [1.54, 1.807) is 7.11 Å². The maximum atomic E-state index is 10.3. The zero-order valence-electron chi connectivity index (χ0n) is 11.6. The lowest BCUT2D eigenvalue weighted by Gasteiger charge is -2.15. The molecule has 0 bridgehead atoms. The number of ether oxygens (including phenoxy) is 1. The topological polar surface area (TPSA) is 29.5 Å². The van der Waals surface area contributed by atoms with Crippen LogP contribution in [0.1, 0.15) is 30.1 Å². The Hall–Kier alpha value is -1.32. The molecule has 0 aromatic heterocycles. The largest absolute Gasteiger partial charge is 0.496 e. The van der Waals surface area contributed by atoms with Crippen LogP contribution in [-0.2, 0) is 6.42 Å². The van der Waals surface area contributed by atoms with Gasteiger partial charge in [0.1, 0.15) is 5.75 Å². The maximum absolute atomic E-state index is 10.3. The molecule has 2 aromatic carbocycles. The third-order valence-electron chi connectivity index (χ3n) is 3.34. The quantitative estimate of drug-likeness (QED) is 0.841. The summed E-state index contributed by atoms with van der Waals surface area (Å²) in [5.74, 6) is 0.736. The minimum Gasteiger partial charge on any atom is -0.496 e. The van der Waals surface area contributed by atoms with Gasteiger partial charge in [0, 0.05) is 10.0 Å². The molecule has 0 amide bonds. The van der Waals surface area contributed by atoms with Crippen molar-refractivity contribution < 1.29 is 9.84 Å². The normalized spacial score (nSPS) is 12.2. The molecule has 2 aromatic rings. The third-order valence-corrected chi connectivity index (χ3v) is 3.83. The molecule has 0 aliphatic carbocycles. The van der Waals surface area contributed by atoms with Crippen LogP contribution in [0.4, 0.5) is 0 Å². The van der Waals surface area contributed by atoms with Gasteiger partial charge < -0.3 is 9.84 Å². The van der Waals surface area contributed by atoms with E-state index in [1.807, 2.05) is 36.4 Å². The van der Waals surface area contributed by atoms with Gasteiger partial charge >= 0.3 is 0 Å². The highest BCUT2D eigenvalue weighted by Crippen LogP contribution is 2.31. The molecule has 0 radical (unpaired) electrons. The molecule has 0 heterocycles. The van der Waals surface area contributed by atoms with Gasteiger partial charge in [0.15, 0.2) is 0 Å². The third kappa shape index (κ3) is 4.09. The van der Waals surface area contributed by atoms with Gasteiger partial charge in [0.25, 0.3) is 0 Å². The Morgan fingerprint density at radius 3 is 2.60 bits per heavy atom. The van der Waals surface area contributed by atoms with Crippen LogP contribution in [0.15, 0.2) is 53.0 Å². The van der Waals surface area contributed by atoms with E-state index in [4.69, 9.17) is 4.74 Å². The first-order valence-corrected chi connectivity index (χ1v) is 7.55. The van der Waals surface area contributed by atoms with Crippen LogP contribution in [0, 0.1) is 0 Å². The van der Waals surface area contributed by atoms with Crippen molar-refractivity contribution in [2.24, 2.45) is 0 Å². The van der Waals surface area contributed by atoms with Gasteiger partial charge in [-0.2, -0.15) is 0 Å². The zero-order valence-corrected chi connectivity index (χ0v) is 13.1. The molecular weight excluding hydrogens is 316 g/mol. The summed E-state index contributed by atoms with van der Waals surface area (Å²) in [6, 6.07) is 16.1. The highest BCUT2D eigenvalue weighted by Gasteiger charge is 2.13. The number of hydrogen-bond donors (Lipinski definition) is 1. The molecule has 2 nitrogen and oxygen atoms in total. The van der Waals surface area contributed by atoms with E-state index >= 15 is 0 Å². The first-order chi connectivity index (χ1) is 9.70. The van der Waals surface area contributed by atoms with Crippen molar-refractivity contribution in [3.05, 3.63) is 64.1 Å². The Kier molecular flexibility index (Phi) is 5.62. The average Bonchev–Trinajstić information content (AvgIpc) is 2.48. The van der Waals surface area contributed by atoms with Gasteiger partial charge in [-0.3, -0.25) is 0 Å². The van der Waals surface area contributed by atoms with Gasteiger partial charge in [-0.15, -0.1) is 0 Å². The Morgan fingerprint density at radius 1 is 1.15 bits per heavy atom. The lowest BCUT2D eigenvalue weighted by atomic mass is 10.0. The maximum Gasteiger partial charge on any atom is 0.124 e. The van der Waals surface area contributed by atoms with Crippen molar-refractivity contribution in [1.29, 1.82) is 0 Å². The summed E-state index contributed by atoms with van der Waals surface area (Å²) in [5.41, 5.74) is 2.15. The van der Waals surface area contributed by atoms with Gasteiger partial charge in [0.05, 0.1) is 13.2 Å². The van der Waals surface area contributed by atoms with Crippen molar-refractivity contribution in [2.75, 3.05) is 7.11 Å². The highest BCUT2D eigenvalue weighted by molar-refractivity contribution is 9.10. The molecule has 0 aliphatic rings. The van der Waals surface area contributed by atoms with Crippen LogP contribution in [0.5, 0.6) is 5.75 Å². The lowest BCUT2D eigenvalue weighted by Crippen LogP contribution is -2.01. The summed E-state index contributed by atoms with van der Waals surface area (Å²) in [7, 11) is 1.63. The molecular formula is C17H19BrO2. The van der Waals surface area contributed by atoms with Crippen LogP contribution in [0.25, 0.3) is 0 Å². The van der Waals surface area contributed by atoms with Crippen molar-refractivity contribution >= 4 is 15.9 Å². The second-order valence-electron chi connectivity index (χ2n) is 4.78. The lowest BCUT2D eigenvalue weighted by molar-refractivity contribution is 0.160. The van der Waals surface area contributed by atoms with Gasteiger partial charge in [-0.05, 0) is 43.0 Å². The Morgan fingerprint density at radius 2 is 1.90 bits per heavy atom. The molecule has 20 heavy (non-hydrogen) atoms.